The normalized spacial score (nSPS) is 11.4. The Morgan fingerprint density at radius 1 is 1.10 bits per heavy atom. The van der Waals surface area contributed by atoms with Crippen molar-refractivity contribution < 1.29 is 12.8 Å². The predicted octanol–water partition coefficient (Wildman–Crippen LogP) is 3.90. The SMILES string of the molecule is Cc1ccc(S(=O)(=O)Nc2ccc(Cl)c(F)c2)c(C)c1. The van der Waals surface area contributed by atoms with Gasteiger partial charge in [-0.15, -0.1) is 0 Å². The maximum atomic E-state index is 13.3. The molecule has 0 spiro atoms. The third-order valence-corrected chi connectivity index (χ3v) is 4.64. The van der Waals surface area contributed by atoms with E-state index in [1.54, 1.807) is 19.1 Å². The molecule has 0 unspecified atom stereocenters. The predicted molar refractivity (Wildman–Crippen MR) is 78.1 cm³/mol. The van der Waals surface area contributed by atoms with Crippen LogP contribution >= 0.6 is 11.6 Å². The van der Waals surface area contributed by atoms with Crippen LogP contribution in [-0.4, -0.2) is 8.42 Å². The number of halogens is 2. The number of aryl methyl sites for hydroxylation is 2. The molecule has 0 aromatic heterocycles. The van der Waals surface area contributed by atoms with E-state index in [0.29, 0.717) is 5.56 Å². The molecule has 6 heteroatoms. The number of benzene rings is 2. The van der Waals surface area contributed by atoms with Crippen LogP contribution in [0.25, 0.3) is 0 Å². The van der Waals surface area contributed by atoms with E-state index in [4.69, 9.17) is 11.6 Å². The highest BCUT2D eigenvalue weighted by atomic mass is 35.5. The Kier molecular flexibility index (Phi) is 4.01. The lowest BCUT2D eigenvalue weighted by molar-refractivity contribution is 0.600. The van der Waals surface area contributed by atoms with E-state index < -0.39 is 15.8 Å². The number of anilines is 1. The largest absolute Gasteiger partial charge is 0.280 e. The van der Waals surface area contributed by atoms with Gasteiger partial charge in [-0.25, -0.2) is 12.8 Å². The van der Waals surface area contributed by atoms with Crippen molar-refractivity contribution in [1.29, 1.82) is 0 Å². The summed E-state index contributed by atoms with van der Waals surface area (Å²) in [6, 6.07) is 8.77. The Balaban J connectivity index is 2.38. The zero-order valence-electron chi connectivity index (χ0n) is 10.9. The number of hydrogen-bond acceptors (Lipinski definition) is 2. The lowest BCUT2D eigenvalue weighted by atomic mass is 10.2. The highest BCUT2D eigenvalue weighted by Crippen LogP contribution is 2.23. The first-order valence-electron chi connectivity index (χ1n) is 5.85. The van der Waals surface area contributed by atoms with Gasteiger partial charge in [-0.3, -0.25) is 4.72 Å². The minimum atomic E-state index is -3.75. The van der Waals surface area contributed by atoms with E-state index >= 15 is 0 Å². The average Bonchev–Trinajstić information content (AvgIpc) is 2.33. The molecule has 0 saturated carbocycles. The van der Waals surface area contributed by atoms with Crippen LogP contribution in [0.15, 0.2) is 41.3 Å². The number of nitrogens with one attached hydrogen (secondary N) is 1. The summed E-state index contributed by atoms with van der Waals surface area (Å²) in [5.74, 6) is -0.674. The molecule has 0 radical (unpaired) electrons. The van der Waals surface area contributed by atoms with Gasteiger partial charge in [-0.2, -0.15) is 0 Å². The van der Waals surface area contributed by atoms with Crippen LogP contribution in [0.5, 0.6) is 0 Å². The fourth-order valence-electron chi connectivity index (χ4n) is 1.87. The first kappa shape index (κ1) is 14.8. The summed E-state index contributed by atoms with van der Waals surface area (Å²) in [4.78, 5) is 0.165. The Bertz CT molecular complexity index is 760. The Labute approximate surface area is 122 Å². The number of sulfonamides is 1. The fourth-order valence-corrected chi connectivity index (χ4v) is 3.27. The van der Waals surface area contributed by atoms with Crippen molar-refractivity contribution in [3.05, 3.63) is 58.4 Å². The van der Waals surface area contributed by atoms with Crippen LogP contribution in [0.1, 0.15) is 11.1 Å². The van der Waals surface area contributed by atoms with Crippen molar-refractivity contribution in [1.82, 2.24) is 0 Å². The van der Waals surface area contributed by atoms with Crippen LogP contribution < -0.4 is 4.72 Å². The molecule has 106 valence electrons. The van der Waals surface area contributed by atoms with E-state index in [0.717, 1.165) is 11.6 Å². The highest BCUT2D eigenvalue weighted by molar-refractivity contribution is 7.92. The van der Waals surface area contributed by atoms with Gasteiger partial charge in [0.2, 0.25) is 0 Å². The van der Waals surface area contributed by atoms with Gasteiger partial charge in [-0.1, -0.05) is 29.3 Å². The minimum Gasteiger partial charge on any atom is -0.280 e. The number of hydrogen-bond donors (Lipinski definition) is 1. The van der Waals surface area contributed by atoms with Crippen LogP contribution in [0, 0.1) is 19.7 Å². The average molecular weight is 314 g/mol. The highest BCUT2D eigenvalue weighted by Gasteiger charge is 2.17. The van der Waals surface area contributed by atoms with Crippen molar-refractivity contribution in [3.63, 3.8) is 0 Å². The van der Waals surface area contributed by atoms with Crippen molar-refractivity contribution in [2.75, 3.05) is 4.72 Å². The van der Waals surface area contributed by atoms with Gasteiger partial charge in [0.25, 0.3) is 10.0 Å². The molecule has 0 aliphatic rings. The maximum Gasteiger partial charge on any atom is 0.262 e. The van der Waals surface area contributed by atoms with Crippen LogP contribution in [0.2, 0.25) is 5.02 Å². The van der Waals surface area contributed by atoms with Gasteiger partial charge >= 0.3 is 0 Å². The van der Waals surface area contributed by atoms with Gasteiger partial charge in [0.05, 0.1) is 15.6 Å². The first-order chi connectivity index (χ1) is 9.29. The topological polar surface area (TPSA) is 46.2 Å². The zero-order chi connectivity index (χ0) is 14.9. The molecule has 3 nitrogen and oxygen atoms in total. The molecule has 0 aliphatic carbocycles. The monoisotopic (exact) mass is 313 g/mol. The van der Waals surface area contributed by atoms with E-state index in [1.807, 2.05) is 6.92 Å². The second-order valence-electron chi connectivity index (χ2n) is 4.50. The third-order valence-electron chi connectivity index (χ3n) is 2.79. The van der Waals surface area contributed by atoms with E-state index in [-0.39, 0.29) is 15.6 Å². The molecule has 0 saturated heterocycles. The van der Waals surface area contributed by atoms with Gasteiger partial charge in [0.15, 0.2) is 0 Å². The molecule has 0 heterocycles. The number of rotatable bonds is 3. The van der Waals surface area contributed by atoms with Crippen molar-refractivity contribution in [2.24, 2.45) is 0 Å². The second kappa shape index (κ2) is 5.42. The van der Waals surface area contributed by atoms with E-state index in [2.05, 4.69) is 4.72 Å². The van der Waals surface area contributed by atoms with Gasteiger partial charge < -0.3 is 0 Å². The lowest BCUT2D eigenvalue weighted by Gasteiger charge is -2.11. The van der Waals surface area contributed by atoms with E-state index in [1.165, 1.54) is 18.2 Å². The molecular weight excluding hydrogens is 301 g/mol. The summed E-state index contributed by atoms with van der Waals surface area (Å²) in [7, 11) is -3.75. The minimum absolute atomic E-state index is 0.0561. The Hall–Kier alpha value is -1.59. The van der Waals surface area contributed by atoms with E-state index in [9.17, 15) is 12.8 Å². The molecule has 20 heavy (non-hydrogen) atoms. The second-order valence-corrected chi connectivity index (χ2v) is 6.56. The summed E-state index contributed by atoms with van der Waals surface area (Å²) in [5, 5.41) is -0.0561. The molecule has 1 N–H and O–H groups in total. The summed E-state index contributed by atoms with van der Waals surface area (Å²) >= 11 is 5.56. The molecule has 0 aliphatic heterocycles. The van der Waals surface area contributed by atoms with Crippen LogP contribution in [-0.2, 0) is 10.0 Å². The standard InChI is InChI=1S/C14H13ClFNO2S/c1-9-3-6-14(10(2)7-9)20(18,19)17-11-4-5-12(15)13(16)8-11/h3-8,17H,1-2H3. The van der Waals surface area contributed by atoms with Gasteiger partial charge in [-0.05, 0) is 43.7 Å². The molecule has 0 fully saturated rings. The quantitative estimate of drug-likeness (QED) is 0.934. The third kappa shape index (κ3) is 3.11. The van der Waals surface area contributed by atoms with Gasteiger partial charge in [0, 0.05) is 0 Å². The molecule has 0 atom stereocenters. The lowest BCUT2D eigenvalue weighted by Crippen LogP contribution is -2.14. The zero-order valence-corrected chi connectivity index (χ0v) is 12.5. The molecule has 2 rings (SSSR count). The molecule has 0 amide bonds. The summed E-state index contributed by atoms with van der Waals surface area (Å²) in [6.45, 7) is 3.59. The first-order valence-corrected chi connectivity index (χ1v) is 7.71. The Morgan fingerprint density at radius 2 is 1.80 bits per heavy atom. The summed E-state index contributed by atoms with van der Waals surface area (Å²) in [6.07, 6.45) is 0. The Morgan fingerprint density at radius 3 is 2.40 bits per heavy atom. The summed E-state index contributed by atoms with van der Waals surface area (Å²) in [5.41, 5.74) is 1.73. The molecular formula is C14H13ClFNO2S. The molecule has 2 aromatic carbocycles. The smallest absolute Gasteiger partial charge is 0.262 e. The van der Waals surface area contributed by atoms with Crippen molar-refractivity contribution in [3.8, 4) is 0 Å². The van der Waals surface area contributed by atoms with Crippen molar-refractivity contribution in [2.45, 2.75) is 18.7 Å². The summed E-state index contributed by atoms with van der Waals surface area (Å²) < 4.78 is 40.2. The molecule has 0 bridgehead atoms. The maximum absolute atomic E-state index is 13.3. The van der Waals surface area contributed by atoms with Crippen LogP contribution in [0.3, 0.4) is 0 Å². The fraction of sp³-hybridized carbons (Fsp3) is 0.143. The van der Waals surface area contributed by atoms with Crippen molar-refractivity contribution >= 4 is 27.3 Å². The van der Waals surface area contributed by atoms with Crippen LogP contribution in [0.4, 0.5) is 10.1 Å². The van der Waals surface area contributed by atoms with Gasteiger partial charge in [0.1, 0.15) is 5.82 Å². The molecule has 2 aromatic rings.